The number of likely N-dealkylation sites (tertiary alicyclic amines) is 1. The topological polar surface area (TPSA) is 84.0 Å². The van der Waals surface area contributed by atoms with Crippen molar-refractivity contribution >= 4 is 23.7 Å². The first-order chi connectivity index (χ1) is 10.5. The lowest BCUT2D eigenvalue weighted by Gasteiger charge is -2.14. The second-order valence-corrected chi connectivity index (χ2v) is 5.36. The van der Waals surface area contributed by atoms with Crippen molar-refractivity contribution in [1.82, 2.24) is 9.96 Å². The Morgan fingerprint density at radius 3 is 2.27 bits per heavy atom. The van der Waals surface area contributed by atoms with E-state index in [4.69, 9.17) is 4.84 Å². The molecular weight excluding hydrogens is 288 g/mol. The third-order valence-corrected chi connectivity index (χ3v) is 3.90. The van der Waals surface area contributed by atoms with Gasteiger partial charge in [0.1, 0.15) is 0 Å². The average Bonchev–Trinajstić information content (AvgIpc) is 2.94. The third kappa shape index (κ3) is 2.24. The summed E-state index contributed by atoms with van der Waals surface area (Å²) in [4.78, 5) is 54.2. The number of carbonyl (C=O) groups is 4. The van der Waals surface area contributed by atoms with Gasteiger partial charge in [-0.1, -0.05) is 17.2 Å². The lowest BCUT2D eigenvalue weighted by molar-refractivity contribution is -0.170. The lowest BCUT2D eigenvalue weighted by atomic mass is 10.0. The van der Waals surface area contributed by atoms with Crippen molar-refractivity contribution in [2.45, 2.75) is 12.8 Å². The van der Waals surface area contributed by atoms with Crippen LogP contribution in [0.25, 0.3) is 0 Å². The van der Waals surface area contributed by atoms with Crippen molar-refractivity contribution in [1.29, 1.82) is 0 Å². The van der Waals surface area contributed by atoms with Gasteiger partial charge in [0.15, 0.2) is 0 Å². The highest BCUT2D eigenvalue weighted by atomic mass is 16.7. The highest BCUT2D eigenvalue weighted by molar-refractivity contribution is 6.20. The molecule has 0 N–H and O–H groups in total. The molecule has 0 spiro atoms. The normalized spacial score (nSPS) is 20.6. The van der Waals surface area contributed by atoms with E-state index in [1.807, 2.05) is 0 Å². The number of fused-ring (bicyclic) bond motifs is 1. The van der Waals surface area contributed by atoms with Gasteiger partial charge >= 0.3 is 5.97 Å². The van der Waals surface area contributed by atoms with Gasteiger partial charge in [-0.25, -0.2) is 4.79 Å². The van der Waals surface area contributed by atoms with Crippen LogP contribution in [-0.4, -0.2) is 47.2 Å². The lowest BCUT2D eigenvalue weighted by Crippen LogP contribution is -2.34. The van der Waals surface area contributed by atoms with Crippen LogP contribution < -0.4 is 0 Å². The smallest absolute Gasteiger partial charge is 0.334 e. The quantitative estimate of drug-likeness (QED) is 0.764. The molecule has 1 aromatic carbocycles. The van der Waals surface area contributed by atoms with E-state index in [0.29, 0.717) is 18.0 Å². The number of imide groups is 1. The van der Waals surface area contributed by atoms with Crippen molar-refractivity contribution in [3.63, 3.8) is 0 Å². The minimum atomic E-state index is -0.761. The van der Waals surface area contributed by atoms with E-state index >= 15 is 0 Å². The van der Waals surface area contributed by atoms with Gasteiger partial charge in [-0.3, -0.25) is 14.4 Å². The second kappa shape index (κ2) is 5.25. The number of benzene rings is 1. The van der Waals surface area contributed by atoms with E-state index in [1.165, 1.54) is 12.1 Å². The minimum Gasteiger partial charge on any atom is -0.345 e. The Morgan fingerprint density at radius 2 is 1.77 bits per heavy atom. The van der Waals surface area contributed by atoms with E-state index < -0.39 is 23.7 Å². The fraction of sp³-hybridized carbons (Fsp3) is 0.333. The molecule has 1 fully saturated rings. The zero-order valence-corrected chi connectivity index (χ0v) is 11.9. The molecule has 1 unspecified atom stereocenters. The van der Waals surface area contributed by atoms with Crippen molar-refractivity contribution < 1.29 is 24.0 Å². The molecule has 0 radical (unpaired) electrons. The number of hydroxylamine groups is 2. The maximum Gasteiger partial charge on any atom is 0.334 e. The van der Waals surface area contributed by atoms with Gasteiger partial charge in [0.05, 0.1) is 23.5 Å². The van der Waals surface area contributed by atoms with Crippen LogP contribution in [0.4, 0.5) is 0 Å². The molecule has 7 heteroatoms. The Balaban J connectivity index is 1.67. The summed E-state index contributed by atoms with van der Waals surface area (Å²) in [7, 11) is 1.66. The largest absolute Gasteiger partial charge is 0.345 e. The Bertz CT molecular complexity index is 649. The van der Waals surface area contributed by atoms with Crippen LogP contribution in [0.1, 0.15) is 33.6 Å². The van der Waals surface area contributed by atoms with Crippen LogP contribution in [-0.2, 0) is 14.4 Å². The van der Waals surface area contributed by atoms with Crippen LogP contribution in [0.2, 0.25) is 0 Å². The maximum absolute atomic E-state index is 12.0. The van der Waals surface area contributed by atoms with Crippen LogP contribution in [0.5, 0.6) is 0 Å². The summed E-state index contributed by atoms with van der Waals surface area (Å²) in [5.41, 5.74) is 0.411. The Morgan fingerprint density at radius 1 is 1.18 bits per heavy atom. The molecule has 0 aliphatic carbocycles. The molecule has 2 aliphatic rings. The highest BCUT2D eigenvalue weighted by Gasteiger charge is 2.39. The summed E-state index contributed by atoms with van der Waals surface area (Å²) in [5.74, 6) is -2.66. The molecule has 22 heavy (non-hydrogen) atoms. The highest BCUT2D eigenvalue weighted by Crippen LogP contribution is 2.24. The maximum atomic E-state index is 12.0. The molecule has 1 saturated heterocycles. The van der Waals surface area contributed by atoms with E-state index in [2.05, 4.69) is 0 Å². The van der Waals surface area contributed by atoms with Gasteiger partial charge in [0.2, 0.25) is 5.91 Å². The summed E-state index contributed by atoms with van der Waals surface area (Å²) in [5, 5.41) is 0.468. The van der Waals surface area contributed by atoms with Gasteiger partial charge in [0, 0.05) is 13.6 Å². The monoisotopic (exact) mass is 302 g/mol. The summed E-state index contributed by atoms with van der Waals surface area (Å²) >= 11 is 0. The first-order valence-corrected chi connectivity index (χ1v) is 6.92. The molecular formula is C15H14N2O5. The molecule has 7 nitrogen and oxygen atoms in total. The Kier molecular flexibility index (Phi) is 3.40. The second-order valence-electron chi connectivity index (χ2n) is 5.36. The number of hydrogen-bond acceptors (Lipinski definition) is 5. The van der Waals surface area contributed by atoms with Crippen LogP contribution >= 0.6 is 0 Å². The summed E-state index contributed by atoms with van der Waals surface area (Å²) < 4.78 is 0. The molecule has 3 amide bonds. The van der Waals surface area contributed by atoms with Crippen molar-refractivity contribution in [3.05, 3.63) is 35.4 Å². The fourth-order valence-electron chi connectivity index (χ4n) is 2.67. The molecule has 0 saturated carbocycles. The molecule has 1 aromatic rings. The molecule has 2 heterocycles. The zero-order valence-electron chi connectivity index (χ0n) is 11.9. The van der Waals surface area contributed by atoms with Crippen LogP contribution in [0, 0.1) is 5.92 Å². The molecule has 1 atom stereocenters. The van der Waals surface area contributed by atoms with E-state index in [9.17, 15) is 19.2 Å². The summed E-state index contributed by atoms with van der Waals surface area (Å²) in [6.45, 7) is 0.587. The molecule has 2 aliphatic heterocycles. The van der Waals surface area contributed by atoms with E-state index in [0.717, 1.165) is 0 Å². The average molecular weight is 302 g/mol. The van der Waals surface area contributed by atoms with E-state index in [-0.39, 0.29) is 23.5 Å². The summed E-state index contributed by atoms with van der Waals surface area (Å²) in [6, 6.07) is 6.25. The first-order valence-electron chi connectivity index (χ1n) is 6.92. The number of hydrogen-bond donors (Lipinski definition) is 0. The van der Waals surface area contributed by atoms with E-state index in [1.54, 1.807) is 24.1 Å². The SMILES string of the molecule is CN1CCC(CC(=O)ON2C(=O)c3ccccc3C2=O)C1=O. The molecule has 0 aromatic heterocycles. The third-order valence-electron chi connectivity index (χ3n) is 3.90. The zero-order chi connectivity index (χ0) is 15.9. The van der Waals surface area contributed by atoms with Crippen molar-refractivity contribution in [2.75, 3.05) is 13.6 Å². The number of nitrogens with zero attached hydrogens (tertiary/aromatic N) is 2. The van der Waals surface area contributed by atoms with Crippen LogP contribution in [0.3, 0.4) is 0 Å². The molecule has 114 valence electrons. The summed E-state index contributed by atoms with van der Waals surface area (Å²) in [6.07, 6.45) is 0.420. The molecule has 3 rings (SSSR count). The number of rotatable bonds is 3. The number of carbonyl (C=O) groups excluding carboxylic acids is 4. The number of amides is 3. The first kappa shape index (κ1) is 14.2. The minimum absolute atomic E-state index is 0.126. The fourth-order valence-corrected chi connectivity index (χ4v) is 2.67. The van der Waals surface area contributed by atoms with Crippen LogP contribution in [0.15, 0.2) is 24.3 Å². The Labute approximate surface area is 126 Å². The van der Waals surface area contributed by atoms with Crippen molar-refractivity contribution in [3.8, 4) is 0 Å². The standard InChI is InChI=1S/C15H14N2O5/c1-16-7-6-9(13(16)19)8-12(18)22-17-14(20)10-4-2-3-5-11(10)15(17)21/h2-5,9H,6-8H2,1H3. The van der Waals surface area contributed by atoms with Gasteiger partial charge in [0.25, 0.3) is 11.8 Å². The van der Waals surface area contributed by atoms with Gasteiger partial charge in [-0.15, -0.1) is 0 Å². The van der Waals surface area contributed by atoms with Gasteiger partial charge in [-0.2, -0.15) is 0 Å². The van der Waals surface area contributed by atoms with Gasteiger partial charge < -0.3 is 9.74 Å². The predicted molar refractivity (Wildman–Crippen MR) is 73.4 cm³/mol. The Hall–Kier alpha value is -2.70. The predicted octanol–water partition coefficient (Wildman–Crippen LogP) is 0.609. The van der Waals surface area contributed by atoms with Crippen molar-refractivity contribution in [2.24, 2.45) is 5.92 Å². The molecule has 0 bridgehead atoms. The van der Waals surface area contributed by atoms with Gasteiger partial charge in [-0.05, 0) is 18.6 Å².